The van der Waals surface area contributed by atoms with Gasteiger partial charge < -0.3 is 20.3 Å². The monoisotopic (exact) mass is 1040 g/mol. The topological polar surface area (TPSA) is 95.9 Å². The molecule has 0 fully saturated rings. The number of rotatable bonds is 63. The number of ether oxygens (including phenoxy) is 1. The van der Waals surface area contributed by atoms with Crippen LogP contribution in [0.15, 0.2) is 24.3 Å². The first-order chi connectivity index (χ1) is 36.5. The van der Waals surface area contributed by atoms with Crippen molar-refractivity contribution >= 4 is 11.9 Å². The van der Waals surface area contributed by atoms with Gasteiger partial charge in [-0.2, -0.15) is 0 Å². The first kappa shape index (κ1) is 72.3. The average Bonchev–Trinajstić information content (AvgIpc) is 3.40. The van der Waals surface area contributed by atoms with Crippen LogP contribution in [-0.2, 0) is 14.3 Å². The first-order valence-corrected chi connectivity index (χ1v) is 33.6. The highest BCUT2D eigenvalue weighted by Gasteiger charge is 2.18. The van der Waals surface area contributed by atoms with Gasteiger partial charge in [-0.05, 0) is 57.8 Å². The molecule has 0 aromatic rings. The van der Waals surface area contributed by atoms with E-state index in [9.17, 15) is 19.8 Å². The number of esters is 1. The number of carbonyl (C=O) groups excluding carboxylic acids is 2. The molecule has 2 atom stereocenters. The molecule has 0 bridgehead atoms. The Kier molecular flexibility index (Phi) is 62.4. The zero-order valence-corrected chi connectivity index (χ0v) is 50.1. The molecule has 0 saturated carbocycles. The SMILES string of the molecule is CCCCCCCC/C=C\CCCCCCCCCC(=O)OCCCCCCCCCCCCCCCCCCCCCCCCCCCCCCC(=O)NC(CO)C(O)/C=C/CCCCCCCCCCCC. The molecule has 0 aromatic carbocycles. The van der Waals surface area contributed by atoms with Crippen molar-refractivity contribution in [2.45, 2.75) is 386 Å². The van der Waals surface area contributed by atoms with Gasteiger partial charge in [0, 0.05) is 12.8 Å². The number of aliphatic hydroxyl groups is 2. The highest BCUT2D eigenvalue weighted by atomic mass is 16.5. The van der Waals surface area contributed by atoms with Crippen LogP contribution in [-0.4, -0.2) is 47.4 Å². The van der Waals surface area contributed by atoms with Crippen molar-refractivity contribution < 1.29 is 24.5 Å². The maximum absolute atomic E-state index is 12.4. The average molecular weight is 1040 g/mol. The van der Waals surface area contributed by atoms with Crippen molar-refractivity contribution in [3.05, 3.63) is 24.3 Å². The van der Waals surface area contributed by atoms with Crippen LogP contribution in [0.4, 0.5) is 0 Å². The molecule has 0 heterocycles. The van der Waals surface area contributed by atoms with E-state index in [1.165, 1.54) is 302 Å². The zero-order chi connectivity index (χ0) is 53.6. The molecule has 0 radical (unpaired) electrons. The Hall–Kier alpha value is -1.66. The summed E-state index contributed by atoms with van der Waals surface area (Å²) in [6, 6.07) is -0.624. The number of amides is 1. The van der Waals surface area contributed by atoms with E-state index in [-0.39, 0.29) is 18.5 Å². The molecule has 0 aliphatic rings. The lowest BCUT2D eigenvalue weighted by molar-refractivity contribution is -0.143. The second kappa shape index (κ2) is 63.9. The fourth-order valence-electron chi connectivity index (χ4n) is 10.6. The molecule has 6 heteroatoms. The van der Waals surface area contributed by atoms with Crippen molar-refractivity contribution in [2.75, 3.05) is 13.2 Å². The van der Waals surface area contributed by atoms with Crippen LogP contribution in [0.3, 0.4) is 0 Å². The third-order valence-electron chi connectivity index (χ3n) is 15.7. The van der Waals surface area contributed by atoms with Crippen molar-refractivity contribution in [3.8, 4) is 0 Å². The van der Waals surface area contributed by atoms with Gasteiger partial charge in [-0.3, -0.25) is 9.59 Å². The van der Waals surface area contributed by atoms with Gasteiger partial charge >= 0.3 is 5.97 Å². The van der Waals surface area contributed by atoms with Crippen molar-refractivity contribution in [1.82, 2.24) is 5.32 Å². The Labute approximate surface area is 462 Å². The van der Waals surface area contributed by atoms with Crippen molar-refractivity contribution in [1.29, 1.82) is 0 Å². The van der Waals surface area contributed by atoms with E-state index >= 15 is 0 Å². The number of allylic oxidation sites excluding steroid dienone is 3. The molecule has 0 aromatic heterocycles. The van der Waals surface area contributed by atoms with E-state index in [1.807, 2.05) is 6.08 Å². The van der Waals surface area contributed by atoms with Gasteiger partial charge in [-0.1, -0.05) is 327 Å². The van der Waals surface area contributed by atoms with Gasteiger partial charge in [-0.15, -0.1) is 0 Å². The van der Waals surface area contributed by atoms with Crippen LogP contribution in [0.1, 0.15) is 373 Å². The standard InChI is InChI=1S/C68H131NO5/c1-3-5-7-9-11-13-15-17-18-31-35-38-42-46-50-54-58-62-68(73)74-63-59-55-51-47-43-39-36-33-30-28-26-24-22-20-19-21-23-25-27-29-32-34-37-41-45-49-53-57-61-67(72)69-65(64-70)66(71)60-56-52-48-44-40-16-14-12-10-8-6-4-2/h17-18,56,60,65-66,70-71H,3-16,19-55,57-59,61-64H2,1-2H3,(H,69,72)/b18-17-,60-56+. The predicted octanol–water partition coefficient (Wildman–Crippen LogP) is 21.4. The fourth-order valence-corrected chi connectivity index (χ4v) is 10.6. The fraction of sp³-hybridized carbons (Fsp3) is 0.912. The number of carbonyl (C=O) groups is 2. The van der Waals surface area contributed by atoms with Gasteiger partial charge in [0.1, 0.15) is 0 Å². The summed E-state index contributed by atoms with van der Waals surface area (Å²) >= 11 is 0. The lowest BCUT2D eigenvalue weighted by atomic mass is 10.0. The molecule has 0 rings (SSSR count). The summed E-state index contributed by atoms with van der Waals surface area (Å²) in [5, 5.41) is 23.1. The molecular formula is C68H131NO5. The minimum atomic E-state index is -0.841. The normalized spacial score (nSPS) is 12.6. The molecule has 438 valence electrons. The van der Waals surface area contributed by atoms with Gasteiger partial charge in [0.25, 0.3) is 0 Å². The molecule has 0 saturated heterocycles. The van der Waals surface area contributed by atoms with Crippen LogP contribution in [0.25, 0.3) is 0 Å². The summed E-state index contributed by atoms with van der Waals surface area (Å²) < 4.78 is 5.50. The summed E-state index contributed by atoms with van der Waals surface area (Å²) in [5.41, 5.74) is 0. The van der Waals surface area contributed by atoms with Gasteiger partial charge in [0.2, 0.25) is 5.91 Å². The van der Waals surface area contributed by atoms with Gasteiger partial charge in [0.15, 0.2) is 0 Å². The lowest BCUT2D eigenvalue weighted by Gasteiger charge is -2.20. The third kappa shape index (κ3) is 59.6. The van der Waals surface area contributed by atoms with Crippen LogP contribution in [0.2, 0.25) is 0 Å². The quantitative estimate of drug-likeness (QED) is 0.0320. The zero-order valence-electron chi connectivity index (χ0n) is 50.1. The summed E-state index contributed by atoms with van der Waals surface area (Å²) in [4.78, 5) is 24.5. The predicted molar refractivity (Wildman–Crippen MR) is 324 cm³/mol. The maximum Gasteiger partial charge on any atom is 0.305 e. The Morgan fingerprint density at radius 3 is 0.959 bits per heavy atom. The Balaban J connectivity index is 3.33. The Bertz CT molecular complexity index is 1150. The van der Waals surface area contributed by atoms with E-state index in [0.29, 0.717) is 19.4 Å². The van der Waals surface area contributed by atoms with Crippen molar-refractivity contribution in [2.24, 2.45) is 0 Å². The summed E-state index contributed by atoms with van der Waals surface area (Å²) in [5.74, 6) is -0.0485. The summed E-state index contributed by atoms with van der Waals surface area (Å²) in [7, 11) is 0. The van der Waals surface area contributed by atoms with Gasteiger partial charge in [0.05, 0.1) is 25.4 Å². The second-order valence-electron chi connectivity index (χ2n) is 23.2. The number of nitrogens with one attached hydrogen (secondary N) is 1. The molecule has 3 N–H and O–H groups in total. The molecule has 0 aliphatic carbocycles. The van der Waals surface area contributed by atoms with Crippen LogP contribution >= 0.6 is 0 Å². The highest BCUT2D eigenvalue weighted by Crippen LogP contribution is 2.18. The van der Waals surface area contributed by atoms with E-state index in [1.54, 1.807) is 6.08 Å². The van der Waals surface area contributed by atoms with Crippen LogP contribution in [0.5, 0.6) is 0 Å². The summed E-state index contributed by atoms with van der Waals surface area (Å²) in [6.45, 7) is 4.92. The van der Waals surface area contributed by atoms with E-state index in [4.69, 9.17) is 4.74 Å². The summed E-state index contributed by atoms with van der Waals surface area (Å²) in [6.07, 6.45) is 79.6. The molecule has 6 nitrogen and oxygen atoms in total. The molecule has 1 amide bonds. The lowest BCUT2D eigenvalue weighted by Crippen LogP contribution is -2.45. The maximum atomic E-state index is 12.4. The van der Waals surface area contributed by atoms with E-state index in [2.05, 4.69) is 31.3 Å². The third-order valence-corrected chi connectivity index (χ3v) is 15.7. The largest absolute Gasteiger partial charge is 0.466 e. The number of aliphatic hydroxyl groups excluding tert-OH is 2. The van der Waals surface area contributed by atoms with E-state index < -0.39 is 12.1 Å². The number of hydrogen-bond donors (Lipinski definition) is 3. The number of hydrogen-bond acceptors (Lipinski definition) is 5. The smallest absolute Gasteiger partial charge is 0.305 e. The minimum Gasteiger partial charge on any atom is -0.466 e. The first-order valence-electron chi connectivity index (χ1n) is 33.6. The van der Waals surface area contributed by atoms with Gasteiger partial charge in [-0.25, -0.2) is 0 Å². The molecule has 0 aliphatic heterocycles. The van der Waals surface area contributed by atoms with E-state index in [0.717, 1.165) is 44.9 Å². The Morgan fingerprint density at radius 2 is 0.635 bits per heavy atom. The molecule has 2 unspecified atom stereocenters. The second-order valence-corrected chi connectivity index (χ2v) is 23.2. The highest BCUT2D eigenvalue weighted by molar-refractivity contribution is 5.76. The number of unbranched alkanes of at least 4 members (excludes halogenated alkanes) is 50. The van der Waals surface area contributed by atoms with Crippen LogP contribution in [0, 0.1) is 0 Å². The molecule has 74 heavy (non-hydrogen) atoms. The Morgan fingerprint density at radius 1 is 0.365 bits per heavy atom. The minimum absolute atomic E-state index is 0.0155. The molecular weight excluding hydrogens is 911 g/mol. The van der Waals surface area contributed by atoms with Crippen molar-refractivity contribution in [3.63, 3.8) is 0 Å². The molecule has 0 spiro atoms. The van der Waals surface area contributed by atoms with Crippen LogP contribution < -0.4 is 5.32 Å².